The second-order valence-corrected chi connectivity index (χ2v) is 6.00. The van der Waals surface area contributed by atoms with Crippen LogP contribution in [0.1, 0.15) is 23.6 Å². The molecule has 0 spiro atoms. The summed E-state index contributed by atoms with van der Waals surface area (Å²) in [6, 6.07) is 14.2. The van der Waals surface area contributed by atoms with Crippen molar-refractivity contribution in [3.8, 4) is 11.5 Å². The second kappa shape index (κ2) is 12.4. The monoisotopic (exact) mass is 483 g/mol. The molecule has 0 aromatic heterocycles. The van der Waals surface area contributed by atoms with Crippen molar-refractivity contribution >= 4 is 29.9 Å². The molecule has 0 aliphatic rings. The van der Waals surface area contributed by atoms with Gasteiger partial charge in [0.1, 0.15) is 11.5 Å². The molecule has 0 radical (unpaired) electrons. The highest BCUT2D eigenvalue weighted by Gasteiger charge is 2.05. The summed E-state index contributed by atoms with van der Waals surface area (Å²) in [5.74, 6) is 2.58. The van der Waals surface area contributed by atoms with E-state index in [9.17, 15) is 0 Å². The number of ether oxygens (including phenoxy) is 2. The molecular weight excluding hydrogens is 453 g/mol. The molecule has 0 aliphatic heterocycles. The third-order valence-electron chi connectivity index (χ3n) is 4.07. The summed E-state index contributed by atoms with van der Waals surface area (Å²) >= 11 is 0. The largest absolute Gasteiger partial charge is 0.496 e. The number of nitrogens with one attached hydrogen (secondary N) is 2. The minimum atomic E-state index is 0. The number of hydrogen-bond acceptors (Lipinski definition) is 3. The van der Waals surface area contributed by atoms with Crippen LogP contribution in [0.3, 0.4) is 0 Å². The van der Waals surface area contributed by atoms with E-state index in [1.807, 2.05) is 30.3 Å². The SMILES string of the molecule is CCNC(=NCc1ccccc1OC)NCCc1cc(C)ccc1OC.I. The van der Waals surface area contributed by atoms with Gasteiger partial charge in [0.2, 0.25) is 0 Å². The summed E-state index contributed by atoms with van der Waals surface area (Å²) in [5.41, 5.74) is 3.49. The Morgan fingerprint density at radius 2 is 1.67 bits per heavy atom. The number of aliphatic imine (C=N–C) groups is 1. The van der Waals surface area contributed by atoms with Gasteiger partial charge in [0, 0.05) is 18.7 Å². The molecule has 2 aromatic carbocycles. The average molecular weight is 483 g/mol. The Morgan fingerprint density at radius 3 is 2.37 bits per heavy atom. The Kier molecular flexibility index (Phi) is 10.6. The highest BCUT2D eigenvalue weighted by atomic mass is 127. The zero-order valence-corrected chi connectivity index (χ0v) is 18.9. The molecule has 2 N–H and O–H groups in total. The Balaban J connectivity index is 0.00000364. The molecule has 0 atom stereocenters. The number of para-hydroxylation sites is 1. The zero-order valence-electron chi connectivity index (χ0n) is 16.5. The quantitative estimate of drug-likeness (QED) is 0.340. The molecule has 6 heteroatoms. The number of methoxy groups -OCH3 is 2. The Bertz CT molecular complexity index is 735. The average Bonchev–Trinajstić information content (AvgIpc) is 2.66. The van der Waals surface area contributed by atoms with Crippen LogP contribution in [-0.2, 0) is 13.0 Å². The molecule has 148 valence electrons. The van der Waals surface area contributed by atoms with E-state index in [1.165, 1.54) is 11.1 Å². The molecule has 27 heavy (non-hydrogen) atoms. The van der Waals surface area contributed by atoms with Crippen LogP contribution < -0.4 is 20.1 Å². The number of halogens is 1. The lowest BCUT2D eigenvalue weighted by Crippen LogP contribution is -2.38. The molecule has 0 aliphatic carbocycles. The predicted molar refractivity (Wildman–Crippen MR) is 123 cm³/mol. The minimum Gasteiger partial charge on any atom is -0.496 e. The second-order valence-electron chi connectivity index (χ2n) is 6.00. The molecule has 2 aromatic rings. The topological polar surface area (TPSA) is 54.9 Å². The van der Waals surface area contributed by atoms with Crippen LogP contribution in [0, 0.1) is 6.92 Å². The molecule has 2 rings (SSSR count). The van der Waals surface area contributed by atoms with E-state index in [2.05, 4.69) is 41.6 Å². The summed E-state index contributed by atoms with van der Waals surface area (Å²) in [5, 5.41) is 6.67. The Morgan fingerprint density at radius 1 is 0.963 bits per heavy atom. The van der Waals surface area contributed by atoms with E-state index in [1.54, 1.807) is 14.2 Å². The van der Waals surface area contributed by atoms with Crippen LogP contribution in [0.4, 0.5) is 0 Å². The molecule has 0 saturated heterocycles. The number of hydrogen-bond donors (Lipinski definition) is 2. The molecule has 0 saturated carbocycles. The van der Waals surface area contributed by atoms with E-state index >= 15 is 0 Å². The van der Waals surface area contributed by atoms with Crippen molar-refractivity contribution in [1.82, 2.24) is 10.6 Å². The fraction of sp³-hybridized carbons (Fsp3) is 0.381. The predicted octanol–water partition coefficient (Wildman–Crippen LogP) is 3.93. The summed E-state index contributed by atoms with van der Waals surface area (Å²) in [4.78, 5) is 4.67. The highest BCUT2D eigenvalue weighted by molar-refractivity contribution is 14.0. The van der Waals surface area contributed by atoms with Crippen LogP contribution in [0.25, 0.3) is 0 Å². The van der Waals surface area contributed by atoms with Gasteiger partial charge in [-0.3, -0.25) is 0 Å². The molecule has 0 heterocycles. The first-order valence-corrected chi connectivity index (χ1v) is 8.95. The molecule has 0 unspecified atom stereocenters. The van der Waals surface area contributed by atoms with E-state index in [0.717, 1.165) is 42.5 Å². The first-order valence-electron chi connectivity index (χ1n) is 8.95. The van der Waals surface area contributed by atoms with Gasteiger partial charge in [-0.05, 0) is 38.0 Å². The zero-order chi connectivity index (χ0) is 18.8. The van der Waals surface area contributed by atoms with Gasteiger partial charge in [0.15, 0.2) is 5.96 Å². The van der Waals surface area contributed by atoms with Crippen molar-refractivity contribution in [3.63, 3.8) is 0 Å². The van der Waals surface area contributed by atoms with Gasteiger partial charge in [-0.15, -0.1) is 24.0 Å². The van der Waals surface area contributed by atoms with Gasteiger partial charge in [0.25, 0.3) is 0 Å². The lowest BCUT2D eigenvalue weighted by molar-refractivity contribution is 0.409. The van der Waals surface area contributed by atoms with Crippen molar-refractivity contribution < 1.29 is 9.47 Å². The number of rotatable bonds is 8. The van der Waals surface area contributed by atoms with E-state index < -0.39 is 0 Å². The van der Waals surface area contributed by atoms with Gasteiger partial charge in [-0.2, -0.15) is 0 Å². The molecule has 5 nitrogen and oxygen atoms in total. The van der Waals surface area contributed by atoms with Crippen LogP contribution in [0.5, 0.6) is 11.5 Å². The number of guanidine groups is 1. The molecule has 0 bridgehead atoms. The molecule has 0 amide bonds. The van der Waals surface area contributed by atoms with Crippen LogP contribution in [0.2, 0.25) is 0 Å². The first-order chi connectivity index (χ1) is 12.7. The summed E-state index contributed by atoms with van der Waals surface area (Å²) < 4.78 is 10.8. The highest BCUT2D eigenvalue weighted by Crippen LogP contribution is 2.20. The fourth-order valence-electron chi connectivity index (χ4n) is 2.76. The van der Waals surface area contributed by atoms with Crippen molar-refractivity contribution in [2.75, 3.05) is 27.3 Å². The normalized spacial score (nSPS) is 10.7. The maximum Gasteiger partial charge on any atom is 0.191 e. The fourth-order valence-corrected chi connectivity index (χ4v) is 2.76. The number of nitrogens with zero attached hydrogens (tertiary/aromatic N) is 1. The van der Waals surface area contributed by atoms with Gasteiger partial charge in [-0.25, -0.2) is 4.99 Å². The maximum absolute atomic E-state index is 5.45. The van der Waals surface area contributed by atoms with Gasteiger partial charge < -0.3 is 20.1 Å². The lowest BCUT2D eigenvalue weighted by Gasteiger charge is -2.14. The summed E-state index contributed by atoms with van der Waals surface area (Å²) in [6.45, 7) is 6.30. The summed E-state index contributed by atoms with van der Waals surface area (Å²) in [6.07, 6.45) is 0.865. The van der Waals surface area contributed by atoms with Crippen molar-refractivity contribution in [1.29, 1.82) is 0 Å². The Labute approximate surface area is 179 Å². The van der Waals surface area contributed by atoms with E-state index in [-0.39, 0.29) is 24.0 Å². The minimum absolute atomic E-state index is 0. The maximum atomic E-state index is 5.45. The molecular formula is C21H30IN3O2. The van der Waals surface area contributed by atoms with Gasteiger partial charge >= 0.3 is 0 Å². The van der Waals surface area contributed by atoms with Crippen LogP contribution in [-0.4, -0.2) is 33.3 Å². The van der Waals surface area contributed by atoms with Crippen molar-refractivity contribution in [2.24, 2.45) is 4.99 Å². The van der Waals surface area contributed by atoms with Crippen molar-refractivity contribution in [2.45, 2.75) is 26.8 Å². The van der Waals surface area contributed by atoms with E-state index in [4.69, 9.17) is 9.47 Å². The standard InChI is InChI=1S/C21H29N3O2.HI/c1-5-22-21(24-15-18-8-6-7-9-19(18)25-3)23-13-12-17-14-16(2)10-11-20(17)26-4;/h6-11,14H,5,12-13,15H2,1-4H3,(H2,22,23,24);1H. The third kappa shape index (κ3) is 7.28. The van der Waals surface area contributed by atoms with Crippen LogP contribution in [0.15, 0.2) is 47.5 Å². The van der Waals surface area contributed by atoms with Crippen LogP contribution >= 0.6 is 24.0 Å². The van der Waals surface area contributed by atoms with Gasteiger partial charge in [-0.1, -0.05) is 35.9 Å². The first kappa shape index (κ1) is 23.1. The van der Waals surface area contributed by atoms with Crippen molar-refractivity contribution in [3.05, 3.63) is 59.2 Å². The third-order valence-corrected chi connectivity index (χ3v) is 4.07. The Hall–Kier alpha value is -1.96. The molecule has 0 fully saturated rings. The summed E-state index contributed by atoms with van der Waals surface area (Å²) in [7, 11) is 3.39. The lowest BCUT2D eigenvalue weighted by atomic mass is 10.1. The van der Waals surface area contributed by atoms with E-state index in [0.29, 0.717) is 6.54 Å². The smallest absolute Gasteiger partial charge is 0.191 e. The number of benzene rings is 2. The number of aryl methyl sites for hydroxylation is 1. The van der Waals surface area contributed by atoms with Gasteiger partial charge in [0.05, 0.1) is 20.8 Å².